The lowest BCUT2D eigenvalue weighted by molar-refractivity contribution is -0.120. The molecule has 27 heavy (non-hydrogen) atoms. The second-order valence-electron chi connectivity index (χ2n) is 8.45. The van der Waals surface area contributed by atoms with Crippen molar-refractivity contribution >= 4 is 15.6 Å². The zero-order chi connectivity index (χ0) is 20.3. The first-order chi connectivity index (χ1) is 12.5. The molecule has 1 aromatic heterocycles. The molecule has 0 saturated carbocycles. The third-order valence-corrected chi connectivity index (χ3v) is 8.01. The predicted octanol–water partition coefficient (Wildman–Crippen LogP) is 2.33. The third kappa shape index (κ3) is 5.18. The molecule has 1 aliphatic heterocycles. The van der Waals surface area contributed by atoms with E-state index < -0.39 is 14.6 Å². The van der Waals surface area contributed by atoms with Crippen LogP contribution in [0.3, 0.4) is 0 Å². The van der Waals surface area contributed by atoms with Gasteiger partial charge in [0, 0.05) is 31.8 Å². The monoisotopic (exact) mass is 401 g/mol. The van der Waals surface area contributed by atoms with Crippen LogP contribution >= 0.6 is 0 Å². The van der Waals surface area contributed by atoms with Crippen molar-refractivity contribution < 1.29 is 27.2 Å². The van der Waals surface area contributed by atoms with Crippen LogP contribution in [0.5, 0.6) is 0 Å². The molecule has 8 heteroatoms. The Hall–Kier alpha value is -1.25. The first-order valence-electron chi connectivity index (χ1n) is 9.28. The predicted molar refractivity (Wildman–Crippen MR) is 102 cm³/mol. The van der Waals surface area contributed by atoms with Crippen LogP contribution in [0.1, 0.15) is 52.0 Å². The summed E-state index contributed by atoms with van der Waals surface area (Å²) in [6.07, 6.45) is 1.35. The molecule has 2 rings (SSSR count). The summed E-state index contributed by atoms with van der Waals surface area (Å²) in [4.78, 5) is 12.8. The molecule has 7 nitrogen and oxygen atoms in total. The standard InChI is InChI=1S/C19H31NO6S/c1-18(2,13-24-5)17-11-15(20-26-17)10-16(21)19(3,4)27(22,23)12-14-6-8-25-9-7-14/h11,14H,6-10,12-13H2,1-5H3. The van der Waals surface area contributed by atoms with Crippen LogP contribution in [0.4, 0.5) is 0 Å². The second kappa shape index (κ2) is 8.41. The summed E-state index contributed by atoms with van der Waals surface area (Å²) in [6, 6.07) is 1.71. The van der Waals surface area contributed by atoms with Gasteiger partial charge >= 0.3 is 0 Å². The van der Waals surface area contributed by atoms with E-state index in [4.69, 9.17) is 14.0 Å². The van der Waals surface area contributed by atoms with E-state index >= 15 is 0 Å². The van der Waals surface area contributed by atoms with E-state index in [0.717, 1.165) is 0 Å². The zero-order valence-electron chi connectivity index (χ0n) is 16.9. The van der Waals surface area contributed by atoms with Crippen molar-refractivity contribution in [3.8, 4) is 0 Å². The number of hydrogen-bond donors (Lipinski definition) is 0. The molecule has 0 spiro atoms. The molecule has 1 aliphatic rings. The average Bonchev–Trinajstić information content (AvgIpc) is 3.04. The van der Waals surface area contributed by atoms with Crippen LogP contribution in [0.2, 0.25) is 0 Å². The molecular weight excluding hydrogens is 370 g/mol. The summed E-state index contributed by atoms with van der Waals surface area (Å²) >= 11 is 0. The van der Waals surface area contributed by atoms with Gasteiger partial charge in [0.2, 0.25) is 0 Å². The van der Waals surface area contributed by atoms with Crippen LogP contribution in [0.25, 0.3) is 0 Å². The van der Waals surface area contributed by atoms with E-state index in [2.05, 4.69) is 5.16 Å². The lowest BCUT2D eigenvalue weighted by atomic mass is 9.91. The number of Topliss-reactive ketones (excluding diaryl/α,β-unsaturated/α-hetero) is 1. The highest BCUT2D eigenvalue weighted by Crippen LogP contribution is 2.28. The van der Waals surface area contributed by atoms with Crippen LogP contribution in [-0.2, 0) is 35.9 Å². The quantitative estimate of drug-likeness (QED) is 0.626. The summed E-state index contributed by atoms with van der Waals surface area (Å²) in [5.74, 6) is 0.290. The lowest BCUT2D eigenvalue weighted by Crippen LogP contribution is -2.44. The van der Waals surface area contributed by atoms with Crippen molar-refractivity contribution in [2.75, 3.05) is 32.7 Å². The molecule has 0 atom stereocenters. The van der Waals surface area contributed by atoms with Gasteiger partial charge in [0.1, 0.15) is 10.5 Å². The van der Waals surface area contributed by atoms with Crippen molar-refractivity contribution in [3.63, 3.8) is 0 Å². The summed E-state index contributed by atoms with van der Waals surface area (Å²) in [5, 5.41) is 3.95. The fourth-order valence-corrected chi connectivity index (χ4v) is 4.92. The number of sulfone groups is 1. The van der Waals surface area contributed by atoms with Crippen molar-refractivity contribution in [1.82, 2.24) is 5.16 Å². The molecule has 0 unspecified atom stereocenters. The smallest absolute Gasteiger partial charge is 0.162 e. The van der Waals surface area contributed by atoms with Gasteiger partial charge in [-0.25, -0.2) is 8.42 Å². The topological polar surface area (TPSA) is 95.7 Å². The molecule has 0 N–H and O–H groups in total. The summed E-state index contributed by atoms with van der Waals surface area (Å²) in [6.45, 7) is 8.47. The highest BCUT2D eigenvalue weighted by molar-refractivity contribution is 7.93. The summed E-state index contributed by atoms with van der Waals surface area (Å²) in [7, 11) is -1.99. The van der Waals surface area contributed by atoms with Crippen molar-refractivity contribution in [2.45, 2.75) is 57.1 Å². The van der Waals surface area contributed by atoms with Gasteiger partial charge in [-0.2, -0.15) is 0 Å². The normalized spacial score (nSPS) is 17.2. The first-order valence-corrected chi connectivity index (χ1v) is 10.9. The molecule has 0 bridgehead atoms. The Kier molecular flexibility index (Phi) is 6.86. The van der Waals surface area contributed by atoms with Crippen molar-refractivity contribution in [1.29, 1.82) is 0 Å². The third-order valence-electron chi connectivity index (χ3n) is 5.32. The van der Waals surface area contributed by atoms with Gasteiger partial charge in [0.15, 0.2) is 15.6 Å². The fourth-order valence-electron chi connectivity index (χ4n) is 3.13. The summed E-state index contributed by atoms with van der Waals surface area (Å²) < 4.78 is 40.1. The van der Waals surface area contributed by atoms with Crippen LogP contribution in [0, 0.1) is 5.92 Å². The van der Waals surface area contributed by atoms with Gasteiger partial charge in [-0.3, -0.25) is 4.79 Å². The van der Waals surface area contributed by atoms with Gasteiger partial charge in [-0.05, 0) is 32.6 Å². The molecule has 0 aromatic carbocycles. The van der Waals surface area contributed by atoms with Crippen molar-refractivity contribution in [3.05, 3.63) is 17.5 Å². The maximum atomic E-state index is 12.9. The molecule has 154 valence electrons. The number of carbonyl (C=O) groups is 1. The van der Waals surface area contributed by atoms with Crippen molar-refractivity contribution in [2.24, 2.45) is 5.92 Å². The largest absolute Gasteiger partial charge is 0.384 e. The Labute approximate surface area is 161 Å². The Morgan fingerprint density at radius 3 is 2.48 bits per heavy atom. The number of ketones is 1. The minimum Gasteiger partial charge on any atom is -0.384 e. The molecule has 0 amide bonds. The van der Waals surface area contributed by atoms with E-state index in [-0.39, 0.29) is 29.3 Å². The van der Waals surface area contributed by atoms with Crippen LogP contribution in [0.15, 0.2) is 10.6 Å². The Balaban J connectivity index is 2.08. The molecule has 2 heterocycles. The fraction of sp³-hybridized carbons (Fsp3) is 0.789. The van der Waals surface area contributed by atoms with Crippen LogP contribution < -0.4 is 0 Å². The number of hydrogen-bond acceptors (Lipinski definition) is 7. The van der Waals surface area contributed by atoms with E-state index in [1.165, 1.54) is 13.8 Å². The Morgan fingerprint density at radius 1 is 1.26 bits per heavy atom. The molecule has 0 aliphatic carbocycles. The number of rotatable bonds is 9. The number of nitrogens with zero attached hydrogens (tertiary/aromatic N) is 1. The van der Waals surface area contributed by atoms with E-state index in [1.807, 2.05) is 13.8 Å². The lowest BCUT2D eigenvalue weighted by Gasteiger charge is -2.28. The molecular formula is C19H31NO6S. The minimum atomic E-state index is -3.59. The molecule has 1 aromatic rings. The molecule has 1 saturated heterocycles. The van der Waals surface area contributed by atoms with Gasteiger partial charge in [-0.1, -0.05) is 19.0 Å². The summed E-state index contributed by atoms with van der Waals surface area (Å²) in [5.41, 5.74) is 0.0572. The highest BCUT2D eigenvalue weighted by atomic mass is 32.2. The zero-order valence-corrected chi connectivity index (χ0v) is 17.7. The molecule has 1 fully saturated rings. The SMILES string of the molecule is COCC(C)(C)c1cc(CC(=O)C(C)(C)S(=O)(=O)CC2CCOCC2)no1. The van der Waals surface area contributed by atoms with Gasteiger partial charge in [0.25, 0.3) is 0 Å². The maximum Gasteiger partial charge on any atom is 0.162 e. The Morgan fingerprint density at radius 2 is 1.89 bits per heavy atom. The van der Waals surface area contributed by atoms with Crippen LogP contribution in [-0.4, -0.2) is 56.8 Å². The van der Waals surface area contributed by atoms with E-state index in [0.29, 0.717) is 44.1 Å². The highest BCUT2D eigenvalue weighted by Gasteiger charge is 2.42. The Bertz CT molecular complexity index is 744. The maximum absolute atomic E-state index is 12.9. The second-order valence-corrected chi connectivity index (χ2v) is 11.0. The number of aromatic nitrogens is 1. The average molecular weight is 402 g/mol. The van der Waals surface area contributed by atoms with Gasteiger partial charge in [-0.15, -0.1) is 0 Å². The van der Waals surface area contributed by atoms with Gasteiger partial charge in [0.05, 0.1) is 24.5 Å². The minimum absolute atomic E-state index is 0.0139. The van der Waals surface area contributed by atoms with E-state index in [1.54, 1.807) is 13.2 Å². The number of methoxy groups -OCH3 is 1. The number of carbonyl (C=O) groups excluding carboxylic acids is 1. The number of ether oxygens (including phenoxy) is 2. The first kappa shape index (κ1) is 22.0. The van der Waals surface area contributed by atoms with E-state index in [9.17, 15) is 13.2 Å². The molecule has 0 radical (unpaired) electrons. The van der Waals surface area contributed by atoms with Gasteiger partial charge < -0.3 is 14.0 Å².